The second-order valence-corrected chi connectivity index (χ2v) is 12.2. The van der Waals surface area contributed by atoms with E-state index >= 15 is 0 Å². The third-order valence-corrected chi connectivity index (χ3v) is 8.85. The van der Waals surface area contributed by atoms with Crippen LogP contribution < -0.4 is 10.0 Å². The van der Waals surface area contributed by atoms with Gasteiger partial charge in [0.25, 0.3) is 21.9 Å². The monoisotopic (exact) mass is 598 g/mol. The van der Waals surface area contributed by atoms with E-state index in [-0.39, 0.29) is 28.1 Å². The number of aliphatic hydroxyl groups is 3. The molecule has 0 radical (unpaired) electrons. The topological polar surface area (TPSA) is 207 Å². The summed E-state index contributed by atoms with van der Waals surface area (Å²) in [6.07, 6.45) is 3.15. The zero-order chi connectivity index (χ0) is 29.6. The fraction of sp³-hybridized carbons (Fsp3) is 0.423. The summed E-state index contributed by atoms with van der Waals surface area (Å²) in [6, 6.07) is 6.23. The maximum Gasteiger partial charge on any atom is 0.268 e. The number of benzene rings is 1. The molecule has 5 N–H and O–H groups in total. The zero-order valence-electron chi connectivity index (χ0n) is 22.5. The predicted molar refractivity (Wildman–Crippen MR) is 147 cm³/mol. The zero-order valence-corrected chi connectivity index (χ0v) is 23.3. The second-order valence-electron chi connectivity index (χ2n) is 10.5. The lowest BCUT2D eigenvalue weighted by Gasteiger charge is -2.18. The Morgan fingerprint density at radius 2 is 1.86 bits per heavy atom. The molecule has 4 atom stereocenters. The van der Waals surface area contributed by atoms with Crippen molar-refractivity contribution in [3.63, 3.8) is 0 Å². The van der Waals surface area contributed by atoms with Gasteiger partial charge >= 0.3 is 0 Å². The molecular weight excluding hydrogens is 568 g/mol. The molecule has 42 heavy (non-hydrogen) atoms. The molecule has 0 unspecified atom stereocenters. The molecule has 222 valence electrons. The van der Waals surface area contributed by atoms with Crippen molar-refractivity contribution in [3.8, 4) is 5.95 Å². The molecule has 16 heteroatoms. The molecule has 2 aliphatic rings. The Hall–Kier alpha value is -3.96. The summed E-state index contributed by atoms with van der Waals surface area (Å²) in [6.45, 7) is 1.33. The van der Waals surface area contributed by atoms with E-state index in [1.165, 1.54) is 40.1 Å². The van der Waals surface area contributed by atoms with E-state index in [9.17, 15) is 28.5 Å². The number of amides is 1. The van der Waals surface area contributed by atoms with Gasteiger partial charge in [0, 0.05) is 12.2 Å². The van der Waals surface area contributed by atoms with Crippen molar-refractivity contribution in [1.82, 2.24) is 34.0 Å². The SMILES string of the molecule is Cc1ccc(S(=O)(=O)NC(=O)c2cnn(-c3nc(NC4CCCC4)c4ncn([C@@H]5O[C@H](CO)[C@@H](O)[C@H]5O)c4n3)c2)cc1. The number of nitrogens with one attached hydrogen (secondary N) is 2. The summed E-state index contributed by atoms with van der Waals surface area (Å²) < 4.78 is 35.8. The maximum atomic E-state index is 12.9. The Bertz CT molecular complexity index is 1720. The lowest BCUT2D eigenvalue weighted by Crippen LogP contribution is -2.33. The van der Waals surface area contributed by atoms with Gasteiger partial charge in [-0.1, -0.05) is 30.5 Å². The number of nitrogens with zero attached hydrogens (tertiary/aromatic N) is 6. The Labute approximate surface area is 240 Å². The number of ether oxygens (including phenoxy) is 1. The minimum atomic E-state index is -4.12. The predicted octanol–water partition coefficient (Wildman–Crippen LogP) is 0.405. The number of rotatable bonds is 8. The first-order valence-corrected chi connectivity index (χ1v) is 15.0. The number of aryl methyl sites for hydroxylation is 1. The second kappa shape index (κ2) is 11.0. The Kier molecular flexibility index (Phi) is 7.40. The van der Waals surface area contributed by atoms with Gasteiger partial charge in [0.15, 0.2) is 23.2 Å². The minimum Gasteiger partial charge on any atom is -0.394 e. The van der Waals surface area contributed by atoms with Gasteiger partial charge < -0.3 is 25.4 Å². The summed E-state index contributed by atoms with van der Waals surface area (Å²) in [7, 11) is -4.12. The molecule has 1 aliphatic heterocycles. The molecule has 2 fully saturated rings. The standard InChI is InChI=1S/C26H30N8O7S/c1-14-6-8-17(9-7-14)42(39,40)32-24(38)15-10-28-34(11-15)26-30-22(29-16-4-2-3-5-16)19-23(31-26)33(13-27-19)25-21(37)20(36)18(12-35)41-25/h6-11,13,16,18,20-21,25,35-37H,2-5,12H2,1H3,(H,32,38)(H,29,30,31)/t18-,20-,21-,25-/m1/s1. The minimum absolute atomic E-state index is 0.0388. The van der Waals surface area contributed by atoms with Crippen LogP contribution in [0.15, 0.2) is 47.9 Å². The summed E-state index contributed by atoms with van der Waals surface area (Å²) >= 11 is 0. The van der Waals surface area contributed by atoms with Crippen molar-refractivity contribution in [2.24, 2.45) is 0 Å². The smallest absolute Gasteiger partial charge is 0.268 e. The molecule has 1 amide bonds. The summed E-state index contributed by atoms with van der Waals surface area (Å²) in [4.78, 5) is 26.4. The number of aromatic nitrogens is 6. The van der Waals surface area contributed by atoms with Crippen LogP contribution in [0.4, 0.5) is 5.82 Å². The van der Waals surface area contributed by atoms with Gasteiger partial charge in [-0.05, 0) is 31.9 Å². The molecule has 6 rings (SSSR count). The molecule has 0 bridgehead atoms. The van der Waals surface area contributed by atoms with E-state index in [0.717, 1.165) is 31.2 Å². The van der Waals surface area contributed by atoms with E-state index in [1.54, 1.807) is 12.1 Å². The average Bonchev–Trinajstić information content (AvgIpc) is 3.77. The van der Waals surface area contributed by atoms with Crippen LogP contribution in [0.25, 0.3) is 17.1 Å². The number of carbonyl (C=O) groups is 1. The van der Waals surface area contributed by atoms with Gasteiger partial charge in [0.1, 0.15) is 18.3 Å². The van der Waals surface area contributed by atoms with E-state index in [4.69, 9.17) is 4.74 Å². The number of anilines is 1. The molecule has 1 saturated heterocycles. The third-order valence-electron chi connectivity index (χ3n) is 7.50. The molecule has 3 aromatic heterocycles. The summed E-state index contributed by atoms with van der Waals surface area (Å²) in [5.41, 5.74) is 1.47. The fourth-order valence-corrected chi connectivity index (χ4v) is 6.15. The highest BCUT2D eigenvalue weighted by molar-refractivity contribution is 7.90. The molecule has 4 heterocycles. The van der Waals surface area contributed by atoms with Crippen molar-refractivity contribution in [2.75, 3.05) is 11.9 Å². The van der Waals surface area contributed by atoms with Gasteiger partial charge in [-0.3, -0.25) is 9.36 Å². The van der Waals surface area contributed by atoms with Crippen molar-refractivity contribution >= 4 is 32.9 Å². The van der Waals surface area contributed by atoms with Crippen LogP contribution >= 0.6 is 0 Å². The average molecular weight is 599 g/mol. The van der Waals surface area contributed by atoms with Crippen LogP contribution in [0.5, 0.6) is 0 Å². The van der Waals surface area contributed by atoms with E-state index in [1.807, 2.05) is 11.6 Å². The van der Waals surface area contributed by atoms with Gasteiger partial charge in [-0.25, -0.2) is 22.8 Å². The molecule has 1 aliphatic carbocycles. The lowest BCUT2D eigenvalue weighted by atomic mass is 10.1. The first-order chi connectivity index (χ1) is 20.1. The highest BCUT2D eigenvalue weighted by Gasteiger charge is 2.44. The fourth-order valence-electron chi connectivity index (χ4n) is 5.17. The van der Waals surface area contributed by atoms with Gasteiger partial charge in [0.2, 0.25) is 0 Å². The van der Waals surface area contributed by atoms with Crippen LogP contribution in [-0.4, -0.2) is 89.9 Å². The highest BCUT2D eigenvalue weighted by atomic mass is 32.2. The normalized spacial score (nSPS) is 23.0. The van der Waals surface area contributed by atoms with Gasteiger partial charge in [-0.2, -0.15) is 15.1 Å². The highest BCUT2D eigenvalue weighted by Crippen LogP contribution is 2.33. The summed E-state index contributed by atoms with van der Waals surface area (Å²) in [5, 5.41) is 38.0. The Morgan fingerprint density at radius 1 is 1.12 bits per heavy atom. The number of imidazole rings is 1. The number of hydrogen-bond donors (Lipinski definition) is 5. The Balaban J connectivity index is 1.34. The molecule has 0 spiro atoms. The largest absolute Gasteiger partial charge is 0.394 e. The van der Waals surface area contributed by atoms with E-state index in [0.29, 0.717) is 11.3 Å². The first-order valence-electron chi connectivity index (χ1n) is 13.5. The number of fused-ring (bicyclic) bond motifs is 1. The van der Waals surface area contributed by atoms with Crippen molar-refractivity contribution in [1.29, 1.82) is 0 Å². The number of aliphatic hydroxyl groups excluding tert-OH is 3. The van der Waals surface area contributed by atoms with Gasteiger partial charge in [-0.15, -0.1) is 0 Å². The number of sulfonamides is 1. The quantitative estimate of drug-likeness (QED) is 0.187. The molecular formula is C26H30N8O7S. The van der Waals surface area contributed by atoms with Crippen LogP contribution in [0.1, 0.15) is 47.8 Å². The molecule has 1 aromatic carbocycles. The van der Waals surface area contributed by atoms with E-state index in [2.05, 4.69) is 25.4 Å². The van der Waals surface area contributed by atoms with Gasteiger partial charge in [0.05, 0.1) is 29.6 Å². The third kappa shape index (κ3) is 5.22. The Morgan fingerprint density at radius 3 is 2.55 bits per heavy atom. The number of carbonyl (C=O) groups excluding carboxylic acids is 1. The van der Waals surface area contributed by atoms with Crippen LogP contribution in [0.2, 0.25) is 0 Å². The molecule has 4 aromatic rings. The maximum absolute atomic E-state index is 12.9. The lowest BCUT2D eigenvalue weighted by molar-refractivity contribution is -0.0511. The van der Waals surface area contributed by atoms with Crippen molar-refractivity contribution in [2.45, 2.75) is 68.1 Å². The first kappa shape index (κ1) is 28.2. The molecule has 15 nitrogen and oxygen atoms in total. The van der Waals surface area contributed by atoms with Crippen molar-refractivity contribution in [3.05, 3.63) is 54.1 Å². The van der Waals surface area contributed by atoms with Crippen LogP contribution in [-0.2, 0) is 14.8 Å². The van der Waals surface area contributed by atoms with Crippen LogP contribution in [0, 0.1) is 6.92 Å². The number of hydrogen-bond acceptors (Lipinski definition) is 12. The van der Waals surface area contributed by atoms with Crippen LogP contribution in [0.3, 0.4) is 0 Å². The van der Waals surface area contributed by atoms with E-state index < -0.39 is 47.1 Å². The van der Waals surface area contributed by atoms with Crippen molar-refractivity contribution < 1.29 is 33.3 Å². The summed E-state index contributed by atoms with van der Waals surface area (Å²) in [5.74, 6) is -0.448. The molecule has 1 saturated carbocycles.